The predicted octanol–water partition coefficient (Wildman–Crippen LogP) is 2.99. The molecule has 1 aliphatic heterocycles. The van der Waals surface area contributed by atoms with Gasteiger partial charge in [0.1, 0.15) is 17.7 Å². The molecule has 1 aromatic carbocycles. The summed E-state index contributed by atoms with van der Waals surface area (Å²) in [4.78, 5) is 17.0. The number of hydrogen-bond acceptors (Lipinski definition) is 7. The minimum absolute atomic E-state index is 0.0815. The molecule has 0 bridgehead atoms. The Morgan fingerprint density at radius 1 is 1.14 bits per heavy atom. The van der Waals surface area contributed by atoms with Crippen LogP contribution in [0.5, 0.6) is 0 Å². The average Bonchev–Trinajstić information content (AvgIpc) is 3.51. The summed E-state index contributed by atoms with van der Waals surface area (Å²) in [5, 5.41) is 13.3. The van der Waals surface area contributed by atoms with Crippen molar-refractivity contribution in [3.63, 3.8) is 0 Å². The second-order valence-electron chi connectivity index (χ2n) is 10.0. The summed E-state index contributed by atoms with van der Waals surface area (Å²) in [7, 11) is 1.84. The molecule has 1 aliphatic rings. The second kappa shape index (κ2) is 10.2. The Balaban J connectivity index is 1.22. The van der Waals surface area contributed by atoms with Gasteiger partial charge in [-0.1, -0.05) is 32.0 Å². The number of ether oxygens (including phenoxy) is 2. The Hall–Kier alpha value is -3.63. The average molecular weight is 490 g/mol. The topological polar surface area (TPSA) is 102 Å². The van der Waals surface area contributed by atoms with E-state index in [0.29, 0.717) is 17.9 Å². The first-order chi connectivity index (χ1) is 17.3. The Morgan fingerprint density at radius 3 is 2.75 bits per heavy atom. The summed E-state index contributed by atoms with van der Waals surface area (Å²) in [6.07, 6.45) is 8.93. The van der Waals surface area contributed by atoms with E-state index in [9.17, 15) is 4.79 Å². The molecule has 188 valence electrons. The highest BCUT2D eigenvalue weighted by Gasteiger charge is 2.27. The zero-order chi connectivity index (χ0) is 25.1. The van der Waals surface area contributed by atoms with Crippen LogP contribution in [0.1, 0.15) is 37.9 Å². The monoisotopic (exact) mass is 489 g/mol. The predicted molar refractivity (Wildman–Crippen MR) is 134 cm³/mol. The molecule has 1 fully saturated rings. The lowest BCUT2D eigenvalue weighted by atomic mass is 9.95. The van der Waals surface area contributed by atoms with E-state index in [0.717, 1.165) is 49.4 Å². The summed E-state index contributed by atoms with van der Waals surface area (Å²) >= 11 is 0. The van der Waals surface area contributed by atoms with Gasteiger partial charge < -0.3 is 9.47 Å². The molecule has 0 atom stereocenters. The Morgan fingerprint density at radius 2 is 1.97 bits per heavy atom. The summed E-state index contributed by atoms with van der Waals surface area (Å²) in [6, 6.07) is 9.45. The molecule has 0 saturated carbocycles. The summed E-state index contributed by atoms with van der Waals surface area (Å²) in [5.41, 5.74) is 3.11. The first-order valence-corrected chi connectivity index (χ1v) is 12.1. The van der Waals surface area contributed by atoms with Crippen molar-refractivity contribution in [2.24, 2.45) is 12.5 Å². The quantitative estimate of drug-likeness (QED) is 0.375. The van der Waals surface area contributed by atoms with E-state index in [4.69, 9.17) is 9.47 Å². The zero-order valence-corrected chi connectivity index (χ0v) is 20.9. The third-order valence-corrected chi connectivity index (χ3v) is 6.08. The molecule has 0 unspecified atom stereocenters. The van der Waals surface area contributed by atoms with Gasteiger partial charge in [0.15, 0.2) is 12.1 Å². The van der Waals surface area contributed by atoms with Crippen molar-refractivity contribution in [1.82, 2.24) is 34.3 Å². The van der Waals surface area contributed by atoms with Gasteiger partial charge in [0, 0.05) is 49.7 Å². The first kappa shape index (κ1) is 24.1. The maximum Gasteiger partial charge on any atom is 0.203 e. The molecule has 0 N–H and O–H groups in total. The van der Waals surface area contributed by atoms with E-state index >= 15 is 0 Å². The van der Waals surface area contributed by atoms with Gasteiger partial charge in [-0.2, -0.15) is 15.3 Å². The van der Waals surface area contributed by atoms with Crippen molar-refractivity contribution in [3.05, 3.63) is 76.7 Å². The van der Waals surface area contributed by atoms with Crippen LogP contribution in [0.15, 0.2) is 60.0 Å². The summed E-state index contributed by atoms with van der Waals surface area (Å²) in [5.74, 6) is 0.651. The fraction of sp³-hybridized carbons (Fsp3) is 0.423. The van der Waals surface area contributed by atoms with Crippen LogP contribution in [-0.2, 0) is 29.5 Å². The molecule has 0 amide bonds. The second-order valence-corrected chi connectivity index (χ2v) is 10.0. The lowest BCUT2D eigenvalue weighted by Crippen LogP contribution is -2.37. The van der Waals surface area contributed by atoms with Crippen molar-refractivity contribution < 1.29 is 9.47 Å². The Kier molecular flexibility index (Phi) is 6.80. The number of aromatic nitrogens is 7. The highest BCUT2D eigenvalue weighted by atomic mass is 16.7. The molecule has 4 aromatic rings. The van der Waals surface area contributed by atoms with Crippen LogP contribution in [-0.4, -0.2) is 53.8 Å². The highest BCUT2D eigenvalue weighted by Crippen LogP contribution is 2.25. The molecule has 0 radical (unpaired) electrons. The van der Waals surface area contributed by atoms with E-state index in [1.807, 2.05) is 42.2 Å². The third-order valence-electron chi connectivity index (χ3n) is 6.08. The van der Waals surface area contributed by atoms with E-state index in [1.165, 1.54) is 6.07 Å². The fourth-order valence-electron chi connectivity index (χ4n) is 4.10. The number of rotatable bonds is 8. The van der Waals surface area contributed by atoms with Crippen molar-refractivity contribution in [3.8, 4) is 17.1 Å². The third kappa shape index (κ3) is 5.77. The molecule has 5 rings (SSSR count). The minimum atomic E-state index is -0.146. The normalized spacial score (nSPS) is 15.9. The summed E-state index contributed by atoms with van der Waals surface area (Å²) < 4.78 is 16.8. The number of nitrogens with zero attached hydrogens (tertiary/aromatic N) is 7. The number of aryl methyl sites for hydroxylation is 2. The van der Waals surface area contributed by atoms with Gasteiger partial charge in [-0.15, -0.1) is 0 Å². The molecule has 3 aromatic heterocycles. The van der Waals surface area contributed by atoms with Gasteiger partial charge in [-0.3, -0.25) is 14.2 Å². The van der Waals surface area contributed by atoms with Gasteiger partial charge in [0.25, 0.3) is 0 Å². The van der Waals surface area contributed by atoms with Gasteiger partial charge in [-0.05, 0) is 18.1 Å². The molecule has 10 heteroatoms. The van der Waals surface area contributed by atoms with Crippen LogP contribution in [0, 0.1) is 5.41 Å². The molecule has 4 heterocycles. The standard InChI is InChI=1S/C26H31N7O3/c1-26(2)16-35-24(36-17-26)8-5-10-32-18-27-25(30-32)20-7-4-6-19(12-20)13-22-23(34)9-11-33(29-22)21-14-28-31(3)15-21/h4,6-7,9,11-12,14-15,18,24H,5,8,10,13,16-17H2,1-3H3. The molecule has 0 aliphatic carbocycles. The lowest BCUT2D eigenvalue weighted by Gasteiger charge is -2.34. The van der Waals surface area contributed by atoms with Crippen molar-refractivity contribution in [2.75, 3.05) is 13.2 Å². The van der Waals surface area contributed by atoms with Crippen LogP contribution < -0.4 is 5.43 Å². The molecule has 1 saturated heterocycles. The maximum absolute atomic E-state index is 12.5. The smallest absolute Gasteiger partial charge is 0.203 e. The number of hydrogen-bond donors (Lipinski definition) is 0. The van der Waals surface area contributed by atoms with Crippen LogP contribution >= 0.6 is 0 Å². The van der Waals surface area contributed by atoms with E-state index in [2.05, 4.69) is 34.1 Å². The van der Waals surface area contributed by atoms with Crippen molar-refractivity contribution in [2.45, 2.75) is 45.9 Å². The van der Waals surface area contributed by atoms with Gasteiger partial charge >= 0.3 is 0 Å². The maximum atomic E-state index is 12.5. The Bertz CT molecular complexity index is 1380. The van der Waals surface area contributed by atoms with Crippen LogP contribution in [0.4, 0.5) is 0 Å². The van der Waals surface area contributed by atoms with Crippen LogP contribution in [0.25, 0.3) is 17.1 Å². The number of benzene rings is 1. The van der Waals surface area contributed by atoms with Crippen molar-refractivity contribution >= 4 is 0 Å². The van der Waals surface area contributed by atoms with Gasteiger partial charge in [0.2, 0.25) is 5.43 Å². The Labute approximate surface area is 209 Å². The SMILES string of the molecule is Cn1cc(-n2ccc(=O)c(Cc3cccc(-c4ncn(CCCC5OCC(C)(C)CO5)n4)c3)n2)cn1. The zero-order valence-electron chi connectivity index (χ0n) is 20.9. The molecule has 10 nitrogen and oxygen atoms in total. The molecule has 36 heavy (non-hydrogen) atoms. The van der Waals surface area contributed by atoms with E-state index in [1.54, 1.807) is 28.1 Å². The van der Waals surface area contributed by atoms with Crippen LogP contribution in [0.3, 0.4) is 0 Å². The van der Waals surface area contributed by atoms with Gasteiger partial charge in [0.05, 0.1) is 25.6 Å². The first-order valence-electron chi connectivity index (χ1n) is 12.1. The van der Waals surface area contributed by atoms with E-state index in [-0.39, 0.29) is 17.1 Å². The largest absolute Gasteiger partial charge is 0.352 e. The molecular formula is C26H31N7O3. The van der Waals surface area contributed by atoms with Gasteiger partial charge in [-0.25, -0.2) is 9.67 Å². The minimum Gasteiger partial charge on any atom is -0.352 e. The van der Waals surface area contributed by atoms with Crippen molar-refractivity contribution in [1.29, 1.82) is 0 Å². The lowest BCUT2D eigenvalue weighted by molar-refractivity contribution is -0.224. The summed E-state index contributed by atoms with van der Waals surface area (Å²) in [6.45, 7) is 6.46. The fourth-order valence-corrected chi connectivity index (χ4v) is 4.10. The van der Waals surface area contributed by atoms with E-state index < -0.39 is 0 Å². The molecule has 0 spiro atoms. The molecular weight excluding hydrogens is 458 g/mol. The van der Waals surface area contributed by atoms with Crippen LogP contribution in [0.2, 0.25) is 0 Å². The highest BCUT2D eigenvalue weighted by molar-refractivity contribution is 5.55.